The molecule has 0 heterocycles. The fraction of sp³-hybridized carbons (Fsp3) is 0.533. The third kappa shape index (κ3) is 3.08. The summed E-state index contributed by atoms with van der Waals surface area (Å²) >= 11 is 0. The van der Waals surface area contributed by atoms with Gasteiger partial charge in [-0.3, -0.25) is 0 Å². The maximum Gasteiger partial charge on any atom is 0.0697 e. The summed E-state index contributed by atoms with van der Waals surface area (Å²) in [4.78, 5) is 0. The molecule has 0 radical (unpaired) electrons. The zero-order valence-electron chi connectivity index (χ0n) is 10.7. The van der Waals surface area contributed by atoms with E-state index >= 15 is 0 Å². The minimum atomic E-state index is -0.267. The van der Waals surface area contributed by atoms with Gasteiger partial charge < -0.3 is 5.32 Å². The quantitative estimate of drug-likeness (QED) is 0.863. The van der Waals surface area contributed by atoms with Gasteiger partial charge in [-0.05, 0) is 44.2 Å². The molecule has 1 N–H and O–H groups in total. The molecule has 1 aliphatic rings. The first-order chi connectivity index (χ1) is 8.11. The Balaban J connectivity index is 1.93. The average Bonchev–Trinajstić information content (AvgIpc) is 2.36. The van der Waals surface area contributed by atoms with Gasteiger partial charge in [-0.15, -0.1) is 0 Å². The molecule has 0 amide bonds. The second-order valence-corrected chi connectivity index (χ2v) is 5.59. The molecule has 1 aromatic carbocycles. The van der Waals surface area contributed by atoms with Crippen molar-refractivity contribution in [2.45, 2.75) is 39.2 Å². The number of rotatable bonds is 3. The largest absolute Gasteiger partial charge is 0.312 e. The van der Waals surface area contributed by atoms with E-state index in [1.54, 1.807) is 0 Å². The van der Waals surface area contributed by atoms with Gasteiger partial charge in [0.25, 0.3) is 0 Å². The van der Waals surface area contributed by atoms with E-state index in [1.807, 2.05) is 13.8 Å². The summed E-state index contributed by atoms with van der Waals surface area (Å²) in [6, 6.07) is 11.5. The Labute approximate surface area is 104 Å². The van der Waals surface area contributed by atoms with Gasteiger partial charge in [0.2, 0.25) is 0 Å². The smallest absolute Gasteiger partial charge is 0.0697 e. The summed E-state index contributed by atoms with van der Waals surface area (Å²) in [5.74, 6) is 0. The highest BCUT2D eigenvalue weighted by Crippen LogP contribution is 2.22. The van der Waals surface area contributed by atoms with Gasteiger partial charge in [0.15, 0.2) is 0 Å². The van der Waals surface area contributed by atoms with Crippen molar-refractivity contribution in [1.82, 2.24) is 5.32 Å². The summed E-state index contributed by atoms with van der Waals surface area (Å²) in [5, 5.41) is 12.5. The van der Waals surface area contributed by atoms with Gasteiger partial charge in [-0.25, -0.2) is 0 Å². The summed E-state index contributed by atoms with van der Waals surface area (Å²) in [6.45, 7) is 4.74. The minimum Gasteiger partial charge on any atom is -0.312 e. The van der Waals surface area contributed by atoms with Crippen molar-refractivity contribution in [1.29, 1.82) is 5.26 Å². The summed E-state index contributed by atoms with van der Waals surface area (Å²) < 4.78 is 0. The van der Waals surface area contributed by atoms with Gasteiger partial charge >= 0.3 is 0 Å². The van der Waals surface area contributed by atoms with Crippen LogP contribution in [-0.2, 0) is 12.8 Å². The van der Waals surface area contributed by atoms with Crippen molar-refractivity contribution in [3.8, 4) is 6.07 Å². The number of aryl methyl sites for hydroxylation is 1. The van der Waals surface area contributed by atoms with Crippen LogP contribution < -0.4 is 5.32 Å². The molecule has 2 heteroatoms. The molecular formula is C15H20N2. The lowest BCUT2D eigenvalue weighted by atomic mass is 9.87. The predicted molar refractivity (Wildman–Crippen MR) is 69.7 cm³/mol. The Morgan fingerprint density at radius 2 is 2.06 bits per heavy atom. The Morgan fingerprint density at radius 1 is 1.35 bits per heavy atom. The van der Waals surface area contributed by atoms with E-state index in [4.69, 9.17) is 5.26 Å². The number of nitriles is 1. The first kappa shape index (κ1) is 12.1. The molecule has 0 saturated carbocycles. The van der Waals surface area contributed by atoms with Crippen LogP contribution in [0.5, 0.6) is 0 Å². The lowest BCUT2D eigenvalue weighted by Crippen LogP contribution is -2.39. The zero-order chi connectivity index (χ0) is 12.3. The Morgan fingerprint density at radius 3 is 2.76 bits per heavy atom. The van der Waals surface area contributed by atoms with Crippen molar-refractivity contribution < 1.29 is 0 Å². The maximum atomic E-state index is 8.99. The Bertz CT molecular complexity index is 429. The van der Waals surface area contributed by atoms with E-state index in [2.05, 4.69) is 35.7 Å². The van der Waals surface area contributed by atoms with Gasteiger partial charge in [-0.2, -0.15) is 5.26 Å². The van der Waals surface area contributed by atoms with E-state index < -0.39 is 0 Å². The normalized spacial score (nSPS) is 19.5. The number of hydrogen-bond donors (Lipinski definition) is 1. The zero-order valence-corrected chi connectivity index (χ0v) is 10.7. The van der Waals surface area contributed by atoms with Crippen LogP contribution in [-0.4, -0.2) is 12.6 Å². The summed E-state index contributed by atoms with van der Waals surface area (Å²) in [6.07, 6.45) is 3.43. The van der Waals surface area contributed by atoms with E-state index in [0.29, 0.717) is 6.04 Å². The number of benzene rings is 1. The summed E-state index contributed by atoms with van der Waals surface area (Å²) in [5.41, 5.74) is 2.69. The molecule has 90 valence electrons. The molecule has 2 rings (SSSR count). The first-order valence-electron chi connectivity index (χ1n) is 6.32. The van der Waals surface area contributed by atoms with Crippen LogP contribution in [0.4, 0.5) is 0 Å². The first-order valence-corrected chi connectivity index (χ1v) is 6.32. The van der Waals surface area contributed by atoms with Crippen LogP contribution in [0.3, 0.4) is 0 Å². The molecule has 2 nitrogen and oxygen atoms in total. The van der Waals surface area contributed by atoms with E-state index in [1.165, 1.54) is 17.5 Å². The topological polar surface area (TPSA) is 35.8 Å². The summed E-state index contributed by atoms with van der Waals surface area (Å²) in [7, 11) is 0. The van der Waals surface area contributed by atoms with E-state index in [0.717, 1.165) is 19.4 Å². The van der Waals surface area contributed by atoms with Gasteiger partial charge in [0, 0.05) is 12.6 Å². The lowest BCUT2D eigenvalue weighted by molar-refractivity contribution is 0.377. The lowest BCUT2D eigenvalue weighted by Gasteiger charge is -2.28. The van der Waals surface area contributed by atoms with Crippen molar-refractivity contribution in [2.75, 3.05) is 6.54 Å². The SMILES string of the molecule is CC(C)(C#N)CNC1CCc2ccccc2C1. The van der Waals surface area contributed by atoms with Gasteiger partial charge in [0.1, 0.15) is 0 Å². The van der Waals surface area contributed by atoms with Crippen molar-refractivity contribution in [3.05, 3.63) is 35.4 Å². The second kappa shape index (κ2) is 4.89. The highest BCUT2D eigenvalue weighted by molar-refractivity contribution is 5.30. The Kier molecular flexibility index (Phi) is 3.49. The minimum absolute atomic E-state index is 0.267. The molecule has 0 spiro atoms. The standard InChI is InChI=1S/C15H20N2/c1-15(2,10-16)11-17-14-8-7-12-5-3-4-6-13(12)9-14/h3-6,14,17H,7-9,11H2,1-2H3. The molecule has 0 aliphatic heterocycles. The van der Waals surface area contributed by atoms with Crippen LogP contribution in [0.25, 0.3) is 0 Å². The highest BCUT2D eigenvalue weighted by atomic mass is 14.9. The molecule has 1 aromatic rings. The molecular weight excluding hydrogens is 208 g/mol. The monoisotopic (exact) mass is 228 g/mol. The van der Waals surface area contributed by atoms with Crippen LogP contribution >= 0.6 is 0 Å². The van der Waals surface area contributed by atoms with Crippen molar-refractivity contribution in [2.24, 2.45) is 5.41 Å². The molecule has 17 heavy (non-hydrogen) atoms. The van der Waals surface area contributed by atoms with E-state index in [9.17, 15) is 0 Å². The van der Waals surface area contributed by atoms with Crippen LogP contribution in [0.15, 0.2) is 24.3 Å². The van der Waals surface area contributed by atoms with E-state index in [-0.39, 0.29) is 5.41 Å². The number of nitrogens with zero attached hydrogens (tertiary/aromatic N) is 1. The maximum absolute atomic E-state index is 8.99. The third-order valence-corrected chi connectivity index (χ3v) is 3.48. The van der Waals surface area contributed by atoms with Crippen LogP contribution in [0, 0.1) is 16.7 Å². The van der Waals surface area contributed by atoms with Crippen LogP contribution in [0.1, 0.15) is 31.4 Å². The van der Waals surface area contributed by atoms with Crippen molar-refractivity contribution in [3.63, 3.8) is 0 Å². The number of fused-ring (bicyclic) bond motifs is 1. The fourth-order valence-electron chi connectivity index (χ4n) is 2.31. The van der Waals surface area contributed by atoms with Gasteiger partial charge in [-0.1, -0.05) is 24.3 Å². The molecule has 1 unspecified atom stereocenters. The average molecular weight is 228 g/mol. The Hall–Kier alpha value is -1.33. The molecule has 1 atom stereocenters. The van der Waals surface area contributed by atoms with Crippen LogP contribution in [0.2, 0.25) is 0 Å². The molecule has 0 fully saturated rings. The van der Waals surface area contributed by atoms with Crippen molar-refractivity contribution >= 4 is 0 Å². The fourth-order valence-corrected chi connectivity index (χ4v) is 2.31. The third-order valence-electron chi connectivity index (χ3n) is 3.48. The number of nitrogens with one attached hydrogen (secondary N) is 1. The highest BCUT2D eigenvalue weighted by Gasteiger charge is 2.22. The molecule has 0 aromatic heterocycles. The second-order valence-electron chi connectivity index (χ2n) is 5.59. The van der Waals surface area contributed by atoms with Gasteiger partial charge in [0.05, 0.1) is 11.5 Å². The molecule has 0 saturated heterocycles. The predicted octanol–water partition coefficient (Wildman–Crippen LogP) is 2.68. The number of hydrogen-bond acceptors (Lipinski definition) is 2. The molecule has 0 bridgehead atoms. The molecule has 1 aliphatic carbocycles.